The van der Waals surface area contributed by atoms with Crippen molar-refractivity contribution in [2.24, 2.45) is 0 Å². The first-order valence-electron chi connectivity index (χ1n) is 5.13. The summed E-state index contributed by atoms with van der Waals surface area (Å²) in [5.41, 5.74) is 2.01. The molecule has 0 amide bonds. The van der Waals surface area contributed by atoms with E-state index in [-0.39, 0.29) is 0 Å². The van der Waals surface area contributed by atoms with Crippen LogP contribution in [-0.2, 0) is 13.0 Å². The molecule has 0 saturated heterocycles. The van der Waals surface area contributed by atoms with Gasteiger partial charge in [0.25, 0.3) is 0 Å². The summed E-state index contributed by atoms with van der Waals surface area (Å²) in [4.78, 5) is 11.2. The summed E-state index contributed by atoms with van der Waals surface area (Å²) in [5, 5.41) is 3.99. The highest BCUT2D eigenvalue weighted by Crippen LogP contribution is 2.11. The maximum atomic E-state index is 5.98. The van der Waals surface area contributed by atoms with Crippen LogP contribution in [0.2, 0.25) is 5.02 Å². The van der Waals surface area contributed by atoms with Crippen LogP contribution in [0.3, 0.4) is 0 Å². The minimum absolute atomic E-state index is 0.688. The zero-order valence-electron chi connectivity index (χ0n) is 8.78. The Bertz CT molecular complexity index is 427. The zero-order valence-corrected chi connectivity index (χ0v) is 9.54. The van der Waals surface area contributed by atoms with Gasteiger partial charge in [-0.3, -0.25) is 4.98 Å². The largest absolute Gasteiger partial charge is 0.348 e. The first-order valence-corrected chi connectivity index (χ1v) is 5.51. The second-order valence-electron chi connectivity index (χ2n) is 3.44. The molecule has 0 radical (unpaired) electrons. The fourth-order valence-electron chi connectivity index (χ4n) is 1.40. The van der Waals surface area contributed by atoms with Gasteiger partial charge in [-0.2, -0.15) is 0 Å². The van der Waals surface area contributed by atoms with E-state index in [9.17, 15) is 0 Å². The van der Waals surface area contributed by atoms with Gasteiger partial charge in [0.15, 0.2) is 0 Å². The van der Waals surface area contributed by atoms with Crippen LogP contribution < -0.4 is 5.32 Å². The molecule has 0 aliphatic heterocycles. The molecule has 0 spiro atoms. The minimum Gasteiger partial charge on any atom is -0.348 e. The number of aromatic nitrogens is 3. The minimum atomic E-state index is 0.688. The average molecular weight is 237 g/mol. The molecule has 16 heavy (non-hydrogen) atoms. The number of hydrogen-bond donors (Lipinski definition) is 2. The SMILES string of the molecule is Clc1cccnc1CNCCc1cnc[nH]1. The highest BCUT2D eigenvalue weighted by atomic mass is 35.5. The first kappa shape index (κ1) is 11.1. The first-order chi connectivity index (χ1) is 7.86. The van der Waals surface area contributed by atoms with Gasteiger partial charge in [-0.25, -0.2) is 4.98 Å². The molecular formula is C11H13ClN4. The maximum Gasteiger partial charge on any atom is 0.0921 e. The Balaban J connectivity index is 1.74. The van der Waals surface area contributed by atoms with Gasteiger partial charge in [-0.05, 0) is 12.1 Å². The summed E-state index contributed by atoms with van der Waals surface area (Å²) < 4.78 is 0. The molecule has 0 bridgehead atoms. The van der Waals surface area contributed by atoms with Crippen molar-refractivity contribution in [1.29, 1.82) is 0 Å². The van der Waals surface area contributed by atoms with Gasteiger partial charge in [0.05, 0.1) is 17.0 Å². The quantitative estimate of drug-likeness (QED) is 0.779. The van der Waals surface area contributed by atoms with Crippen molar-refractivity contribution in [2.75, 3.05) is 6.54 Å². The lowest BCUT2D eigenvalue weighted by atomic mass is 10.3. The monoisotopic (exact) mass is 236 g/mol. The molecule has 0 unspecified atom stereocenters. The Morgan fingerprint density at radius 2 is 2.38 bits per heavy atom. The normalized spacial score (nSPS) is 10.6. The van der Waals surface area contributed by atoms with Crippen molar-refractivity contribution in [3.05, 3.63) is 47.3 Å². The molecule has 0 aromatic carbocycles. The van der Waals surface area contributed by atoms with Crippen LogP contribution in [0.15, 0.2) is 30.9 Å². The smallest absolute Gasteiger partial charge is 0.0921 e. The predicted molar refractivity (Wildman–Crippen MR) is 63.2 cm³/mol. The summed E-state index contributed by atoms with van der Waals surface area (Å²) >= 11 is 5.98. The third kappa shape index (κ3) is 3.05. The molecule has 0 fully saturated rings. The summed E-state index contributed by atoms with van der Waals surface area (Å²) in [5.74, 6) is 0. The van der Waals surface area contributed by atoms with Crippen LogP contribution >= 0.6 is 11.6 Å². The van der Waals surface area contributed by atoms with Gasteiger partial charge in [0, 0.05) is 37.6 Å². The third-order valence-corrected chi connectivity index (χ3v) is 2.60. The summed E-state index contributed by atoms with van der Waals surface area (Å²) in [6.07, 6.45) is 6.18. The van der Waals surface area contributed by atoms with Crippen molar-refractivity contribution in [3.63, 3.8) is 0 Å². The summed E-state index contributed by atoms with van der Waals surface area (Å²) in [7, 11) is 0. The number of nitrogens with one attached hydrogen (secondary N) is 2. The van der Waals surface area contributed by atoms with E-state index in [4.69, 9.17) is 11.6 Å². The second kappa shape index (κ2) is 5.63. The molecule has 2 N–H and O–H groups in total. The van der Waals surface area contributed by atoms with Gasteiger partial charge >= 0.3 is 0 Å². The van der Waals surface area contributed by atoms with E-state index in [0.29, 0.717) is 11.6 Å². The van der Waals surface area contributed by atoms with Crippen LogP contribution in [0.1, 0.15) is 11.4 Å². The van der Waals surface area contributed by atoms with Crippen LogP contribution in [-0.4, -0.2) is 21.5 Å². The zero-order chi connectivity index (χ0) is 11.2. The predicted octanol–water partition coefficient (Wildman–Crippen LogP) is 1.79. The number of H-pyrrole nitrogens is 1. The third-order valence-electron chi connectivity index (χ3n) is 2.25. The maximum absolute atomic E-state index is 5.98. The van der Waals surface area contributed by atoms with E-state index in [2.05, 4.69) is 20.3 Å². The highest BCUT2D eigenvalue weighted by molar-refractivity contribution is 6.31. The molecule has 0 atom stereocenters. The van der Waals surface area contributed by atoms with E-state index < -0.39 is 0 Å². The van der Waals surface area contributed by atoms with Gasteiger partial charge < -0.3 is 10.3 Å². The Morgan fingerprint density at radius 1 is 1.44 bits per heavy atom. The van der Waals surface area contributed by atoms with E-state index in [1.807, 2.05) is 18.3 Å². The highest BCUT2D eigenvalue weighted by Gasteiger charge is 1.99. The topological polar surface area (TPSA) is 53.6 Å². The molecular weight excluding hydrogens is 224 g/mol. The van der Waals surface area contributed by atoms with E-state index >= 15 is 0 Å². The molecule has 2 heterocycles. The Kier molecular flexibility index (Phi) is 3.91. The molecule has 0 aliphatic carbocycles. The summed E-state index contributed by atoms with van der Waals surface area (Å²) in [6.45, 7) is 1.56. The van der Waals surface area contributed by atoms with Gasteiger partial charge in [-0.1, -0.05) is 11.6 Å². The number of aromatic amines is 1. The lowest BCUT2D eigenvalue weighted by Gasteiger charge is -2.04. The molecule has 4 nitrogen and oxygen atoms in total. The van der Waals surface area contributed by atoms with Gasteiger partial charge in [-0.15, -0.1) is 0 Å². The lowest BCUT2D eigenvalue weighted by molar-refractivity contribution is 0.670. The number of imidazole rings is 1. The molecule has 2 aromatic heterocycles. The number of nitrogens with zero attached hydrogens (tertiary/aromatic N) is 2. The van der Waals surface area contributed by atoms with Gasteiger partial charge in [0.1, 0.15) is 0 Å². The van der Waals surface area contributed by atoms with Gasteiger partial charge in [0.2, 0.25) is 0 Å². The number of halogens is 1. The molecule has 5 heteroatoms. The lowest BCUT2D eigenvalue weighted by Crippen LogP contribution is -2.17. The van der Waals surface area contributed by atoms with E-state index in [1.165, 1.54) is 0 Å². The molecule has 84 valence electrons. The fourth-order valence-corrected chi connectivity index (χ4v) is 1.59. The van der Waals surface area contributed by atoms with Crippen molar-refractivity contribution in [1.82, 2.24) is 20.3 Å². The second-order valence-corrected chi connectivity index (χ2v) is 3.84. The standard InChI is InChI=1S/C11H13ClN4/c12-10-2-1-4-15-11(10)7-13-5-3-9-6-14-8-16-9/h1-2,4,6,8,13H,3,5,7H2,(H,14,16). The van der Waals surface area contributed by atoms with Crippen LogP contribution in [0.25, 0.3) is 0 Å². The van der Waals surface area contributed by atoms with Crippen LogP contribution in [0.5, 0.6) is 0 Å². The number of hydrogen-bond acceptors (Lipinski definition) is 3. The van der Waals surface area contributed by atoms with E-state index in [1.54, 1.807) is 12.5 Å². The fraction of sp³-hybridized carbons (Fsp3) is 0.273. The van der Waals surface area contributed by atoms with Crippen molar-refractivity contribution in [3.8, 4) is 0 Å². The Hall–Kier alpha value is -1.39. The molecule has 2 aromatic rings. The average Bonchev–Trinajstić information content (AvgIpc) is 2.79. The van der Waals surface area contributed by atoms with Crippen molar-refractivity contribution >= 4 is 11.6 Å². The molecule has 2 rings (SSSR count). The number of rotatable bonds is 5. The van der Waals surface area contributed by atoms with Crippen molar-refractivity contribution < 1.29 is 0 Å². The van der Waals surface area contributed by atoms with E-state index in [0.717, 1.165) is 24.4 Å². The van der Waals surface area contributed by atoms with Crippen molar-refractivity contribution in [2.45, 2.75) is 13.0 Å². The van der Waals surface area contributed by atoms with Crippen LogP contribution in [0, 0.1) is 0 Å². The molecule has 0 saturated carbocycles. The Labute approximate surface area is 99.1 Å². The van der Waals surface area contributed by atoms with Crippen LogP contribution in [0.4, 0.5) is 0 Å². The molecule has 0 aliphatic rings. The summed E-state index contributed by atoms with van der Waals surface area (Å²) in [6, 6.07) is 3.68. The Morgan fingerprint density at radius 3 is 3.12 bits per heavy atom. The number of pyridine rings is 1.